The maximum atomic E-state index is 13.2. The summed E-state index contributed by atoms with van der Waals surface area (Å²) in [6.45, 7) is 3.48. The number of aryl methyl sites for hydroxylation is 1. The fourth-order valence-electron chi connectivity index (χ4n) is 3.70. The van der Waals surface area contributed by atoms with Gasteiger partial charge in [-0.3, -0.25) is 4.79 Å². The molecule has 7 nitrogen and oxygen atoms in total. The van der Waals surface area contributed by atoms with E-state index in [9.17, 15) is 9.59 Å². The normalized spacial score (nSPS) is 11.5. The van der Waals surface area contributed by atoms with Crippen LogP contribution < -0.4 is 14.8 Å². The van der Waals surface area contributed by atoms with E-state index in [1.165, 1.54) is 7.11 Å². The first-order valence-electron chi connectivity index (χ1n) is 10.2. The number of hydrogen-bond donors (Lipinski definition) is 2. The van der Waals surface area contributed by atoms with Crippen molar-refractivity contribution in [3.8, 4) is 11.5 Å². The SMILES string of the molecule is COC(=O)c1c(C)[nH]c(C(=O)N[C@@H](Cc2ccc(OC)cc2)c2ccc(OC)cc2)c1C. The third-order valence-electron chi connectivity index (χ3n) is 5.48. The highest BCUT2D eigenvalue weighted by Crippen LogP contribution is 2.25. The van der Waals surface area contributed by atoms with E-state index in [-0.39, 0.29) is 11.9 Å². The molecule has 0 radical (unpaired) electrons. The first-order valence-corrected chi connectivity index (χ1v) is 10.2. The van der Waals surface area contributed by atoms with Crippen LogP contribution in [0.1, 0.15) is 49.3 Å². The molecule has 1 atom stereocenters. The van der Waals surface area contributed by atoms with Crippen molar-refractivity contribution in [2.75, 3.05) is 21.3 Å². The van der Waals surface area contributed by atoms with E-state index in [1.807, 2.05) is 48.5 Å². The van der Waals surface area contributed by atoms with Crippen LogP contribution in [-0.4, -0.2) is 38.2 Å². The second-order valence-electron chi connectivity index (χ2n) is 7.47. The van der Waals surface area contributed by atoms with Crippen LogP contribution in [0.4, 0.5) is 0 Å². The van der Waals surface area contributed by atoms with Crippen LogP contribution in [0.15, 0.2) is 48.5 Å². The maximum absolute atomic E-state index is 13.2. The molecule has 168 valence electrons. The molecule has 3 aromatic rings. The van der Waals surface area contributed by atoms with Gasteiger partial charge in [-0.2, -0.15) is 0 Å². The fourth-order valence-corrected chi connectivity index (χ4v) is 3.70. The van der Waals surface area contributed by atoms with Crippen molar-refractivity contribution in [1.82, 2.24) is 10.3 Å². The number of nitrogens with one attached hydrogen (secondary N) is 2. The molecule has 0 bridgehead atoms. The van der Waals surface area contributed by atoms with Crippen LogP contribution in [0.25, 0.3) is 0 Å². The smallest absolute Gasteiger partial charge is 0.339 e. The van der Waals surface area contributed by atoms with Crippen molar-refractivity contribution in [3.05, 3.63) is 82.2 Å². The van der Waals surface area contributed by atoms with E-state index in [2.05, 4.69) is 10.3 Å². The van der Waals surface area contributed by atoms with Gasteiger partial charge in [0.2, 0.25) is 0 Å². The highest BCUT2D eigenvalue weighted by Gasteiger charge is 2.24. The van der Waals surface area contributed by atoms with Gasteiger partial charge in [-0.1, -0.05) is 24.3 Å². The van der Waals surface area contributed by atoms with E-state index in [0.29, 0.717) is 28.9 Å². The largest absolute Gasteiger partial charge is 0.497 e. The zero-order valence-corrected chi connectivity index (χ0v) is 18.9. The monoisotopic (exact) mass is 436 g/mol. The van der Waals surface area contributed by atoms with Crippen LogP contribution in [-0.2, 0) is 11.2 Å². The number of H-pyrrole nitrogens is 1. The lowest BCUT2D eigenvalue weighted by Crippen LogP contribution is -2.30. The average Bonchev–Trinajstić information content (AvgIpc) is 3.12. The number of amides is 1. The predicted octanol–water partition coefficient (Wildman–Crippen LogP) is 4.15. The zero-order chi connectivity index (χ0) is 23.3. The van der Waals surface area contributed by atoms with Crippen LogP contribution >= 0.6 is 0 Å². The quantitative estimate of drug-likeness (QED) is 0.518. The maximum Gasteiger partial charge on any atom is 0.339 e. The number of carbonyl (C=O) groups is 2. The minimum absolute atomic E-state index is 0.296. The number of esters is 1. The number of ether oxygens (including phenoxy) is 3. The van der Waals surface area contributed by atoms with E-state index in [4.69, 9.17) is 14.2 Å². The molecule has 0 aliphatic carbocycles. The van der Waals surface area contributed by atoms with Gasteiger partial charge in [-0.15, -0.1) is 0 Å². The molecule has 0 fully saturated rings. The second-order valence-corrected chi connectivity index (χ2v) is 7.47. The summed E-state index contributed by atoms with van der Waals surface area (Å²) in [5.41, 5.74) is 3.86. The fraction of sp³-hybridized carbons (Fsp3) is 0.280. The Kier molecular flexibility index (Phi) is 7.20. The first-order chi connectivity index (χ1) is 15.4. The van der Waals surface area contributed by atoms with Gasteiger partial charge in [-0.25, -0.2) is 4.79 Å². The third-order valence-corrected chi connectivity index (χ3v) is 5.48. The highest BCUT2D eigenvalue weighted by atomic mass is 16.5. The second kappa shape index (κ2) is 10.0. The molecule has 7 heteroatoms. The molecule has 2 N–H and O–H groups in total. The van der Waals surface area contributed by atoms with Gasteiger partial charge in [0, 0.05) is 5.69 Å². The minimum atomic E-state index is -0.472. The van der Waals surface area contributed by atoms with Gasteiger partial charge in [0.25, 0.3) is 5.91 Å². The summed E-state index contributed by atoms with van der Waals surface area (Å²) in [5, 5.41) is 3.11. The lowest BCUT2D eigenvalue weighted by molar-refractivity contribution is 0.0599. The summed E-state index contributed by atoms with van der Waals surface area (Å²) >= 11 is 0. The Morgan fingerprint density at radius 1 is 0.906 bits per heavy atom. The highest BCUT2D eigenvalue weighted by molar-refractivity contribution is 6.00. The molecule has 0 aliphatic rings. The topological polar surface area (TPSA) is 89.7 Å². The number of methoxy groups -OCH3 is 3. The van der Waals surface area contributed by atoms with Crippen LogP contribution in [0.5, 0.6) is 11.5 Å². The summed E-state index contributed by atoms with van der Waals surface area (Å²) in [7, 11) is 4.56. The number of carbonyl (C=O) groups excluding carboxylic acids is 2. The molecule has 0 unspecified atom stereocenters. The van der Waals surface area contributed by atoms with Crippen molar-refractivity contribution in [2.24, 2.45) is 0 Å². The van der Waals surface area contributed by atoms with E-state index >= 15 is 0 Å². The van der Waals surface area contributed by atoms with E-state index < -0.39 is 5.97 Å². The molecule has 0 saturated heterocycles. The zero-order valence-electron chi connectivity index (χ0n) is 18.9. The Morgan fingerprint density at radius 3 is 2.00 bits per heavy atom. The van der Waals surface area contributed by atoms with Crippen molar-refractivity contribution in [1.29, 1.82) is 0 Å². The molecular formula is C25H28N2O5. The molecule has 2 aromatic carbocycles. The Morgan fingerprint density at radius 2 is 1.47 bits per heavy atom. The molecule has 32 heavy (non-hydrogen) atoms. The van der Waals surface area contributed by atoms with Crippen molar-refractivity contribution >= 4 is 11.9 Å². The Labute approximate surface area is 187 Å². The summed E-state index contributed by atoms with van der Waals surface area (Å²) in [4.78, 5) is 28.3. The number of rotatable bonds is 8. The molecule has 3 rings (SSSR count). The number of benzene rings is 2. The number of aromatic nitrogens is 1. The summed E-state index contributed by atoms with van der Waals surface area (Å²) in [5.74, 6) is 0.740. The van der Waals surface area contributed by atoms with Gasteiger partial charge in [0.15, 0.2) is 0 Å². The third kappa shape index (κ3) is 4.94. The molecule has 1 aromatic heterocycles. The first kappa shape index (κ1) is 22.9. The lowest BCUT2D eigenvalue weighted by Gasteiger charge is -2.20. The van der Waals surface area contributed by atoms with Gasteiger partial charge in [0.1, 0.15) is 17.2 Å². The van der Waals surface area contributed by atoms with Crippen molar-refractivity contribution in [2.45, 2.75) is 26.3 Å². The Balaban J connectivity index is 1.90. The van der Waals surface area contributed by atoms with Crippen molar-refractivity contribution in [3.63, 3.8) is 0 Å². The minimum Gasteiger partial charge on any atom is -0.497 e. The lowest BCUT2D eigenvalue weighted by atomic mass is 9.98. The van der Waals surface area contributed by atoms with Crippen LogP contribution in [0, 0.1) is 13.8 Å². The Hall–Kier alpha value is -3.74. The molecule has 1 amide bonds. The molecule has 0 saturated carbocycles. The Bertz CT molecular complexity index is 1080. The molecule has 1 heterocycles. The summed E-state index contributed by atoms with van der Waals surface area (Å²) < 4.78 is 15.3. The van der Waals surface area contributed by atoms with Crippen molar-refractivity contribution < 1.29 is 23.8 Å². The molecule has 0 aliphatic heterocycles. The standard InChI is InChI=1S/C25H28N2O5/c1-15-22(25(29)32-5)16(2)26-23(15)24(28)27-21(18-8-12-20(31-4)13-9-18)14-17-6-10-19(30-3)11-7-17/h6-13,21,26H,14H2,1-5H3,(H,27,28)/t21-/m0/s1. The molecule has 0 spiro atoms. The summed E-state index contributed by atoms with van der Waals surface area (Å²) in [6.07, 6.45) is 0.574. The van der Waals surface area contributed by atoms with E-state index in [1.54, 1.807) is 28.1 Å². The van der Waals surface area contributed by atoms with E-state index in [0.717, 1.165) is 22.6 Å². The number of aromatic amines is 1. The van der Waals surface area contributed by atoms with Gasteiger partial charge in [-0.05, 0) is 61.2 Å². The predicted molar refractivity (Wildman–Crippen MR) is 122 cm³/mol. The van der Waals surface area contributed by atoms with Gasteiger partial charge >= 0.3 is 5.97 Å². The van der Waals surface area contributed by atoms with Crippen LogP contribution in [0.3, 0.4) is 0 Å². The number of hydrogen-bond acceptors (Lipinski definition) is 5. The van der Waals surface area contributed by atoms with Crippen LogP contribution in [0.2, 0.25) is 0 Å². The van der Waals surface area contributed by atoms with Gasteiger partial charge < -0.3 is 24.5 Å². The average molecular weight is 437 g/mol. The molecular weight excluding hydrogens is 408 g/mol. The summed E-state index contributed by atoms with van der Waals surface area (Å²) in [6, 6.07) is 15.0. The van der Waals surface area contributed by atoms with Gasteiger partial charge in [0.05, 0.1) is 32.9 Å².